The first-order chi connectivity index (χ1) is 13.8. The summed E-state index contributed by atoms with van der Waals surface area (Å²) in [6.45, 7) is 7.51. The molecule has 0 saturated heterocycles. The SMILES string of the molecule is CC1C(C)([SiH3])C1(C)OS(=O)(=O)c1ccccc1.Cc1c(C(=O)O)cccc1C(=O)O. The molecule has 1 fully saturated rings. The molecule has 9 heteroatoms. The molecule has 0 amide bonds. The highest BCUT2D eigenvalue weighted by Crippen LogP contribution is 2.68. The van der Waals surface area contributed by atoms with Crippen LogP contribution in [0.4, 0.5) is 0 Å². The summed E-state index contributed by atoms with van der Waals surface area (Å²) >= 11 is 0. The lowest BCUT2D eigenvalue weighted by Crippen LogP contribution is -2.21. The molecule has 1 aliphatic rings. The van der Waals surface area contributed by atoms with Gasteiger partial charge in [-0.05, 0) is 54.6 Å². The number of aromatic carboxylic acids is 2. The Morgan fingerprint density at radius 2 is 1.40 bits per heavy atom. The van der Waals surface area contributed by atoms with Crippen LogP contribution in [0, 0.1) is 12.8 Å². The molecule has 30 heavy (non-hydrogen) atoms. The van der Waals surface area contributed by atoms with Gasteiger partial charge in [-0.3, -0.25) is 4.18 Å². The molecule has 2 aromatic rings. The summed E-state index contributed by atoms with van der Waals surface area (Å²) < 4.78 is 29.7. The molecule has 0 heterocycles. The van der Waals surface area contributed by atoms with Crippen molar-refractivity contribution >= 4 is 32.3 Å². The Morgan fingerprint density at radius 1 is 0.967 bits per heavy atom. The second kappa shape index (κ2) is 8.33. The molecule has 0 aromatic heterocycles. The molecule has 7 nitrogen and oxygen atoms in total. The Balaban J connectivity index is 0.000000222. The molecule has 3 unspecified atom stereocenters. The predicted octanol–water partition coefficient (Wildman–Crippen LogP) is 2.74. The van der Waals surface area contributed by atoms with Gasteiger partial charge in [0.15, 0.2) is 0 Å². The lowest BCUT2D eigenvalue weighted by molar-refractivity contribution is 0.0696. The number of benzene rings is 2. The van der Waals surface area contributed by atoms with Crippen molar-refractivity contribution in [3.63, 3.8) is 0 Å². The van der Waals surface area contributed by atoms with Crippen LogP contribution in [0.15, 0.2) is 53.4 Å². The number of rotatable bonds is 5. The molecule has 3 atom stereocenters. The fraction of sp³-hybridized carbons (Fsp3) is 0.333. The highest BCUT2D eigenvalue weighted by molar-refractivity contribution is 7.86. The van der Waals surface area contributed by atoms with Crippen LogP contribution in [0.1, 0.15) is 47.1 Å². The van der Waals surface area contributed by atoms with Gasteiger partial charge in [-0.1, -0.05) is 38.1 Å². The molecule has 0 bridgehead atoms. The van der Waals surface area contributed by atoms with Crippen molar-refractivity contribution in [1.29, 1.82) is 0 Å². The van der Waals surface area contributed by atoms with Crippen molar-refractivity contribution in [3.05, 3.63) is 65.2 Å². The molecule has 1 saturated carbocycles. The van der Waals surface area contributed by atoms with E-state index in [0.29, 0.717) is 5.92 Å². The van der Waals surface area contributed by atoms with Gasteiger partial charge in [0.1, 0.15) is 0 Å². The van der Waals surface area contributed by atoms with Crippen LogP contribution in [0.3, 0.4) is 0 Å². The van der Waals surface area contributed by atoms with E-state index in [1.165, 1.54) is 25.1 Å². The van der Waals surface area contributed by atoms with Crippen molar-refractivity contribution < 1.29 is 32.4 Å². The molecule has 0 radical (unpaired) electrons. The molecule has 2 aromatic carbocycles. The van der Waals surface area contributed by atoms with Gasteiger partial charge in [-0.25, -0.2) is 9.59 Å². The maximum atomic E-state index is 12.1. The van der Waals surface area contributed by atoms with E-state index < -0.39 is 27.7 Å². The van der Waals surface area contributed by atoms with E-state index >= 15 is 0 Å². The molecule has 1 aliphatic carbocycles. The smallest absolute Gasteiger partial charge is 0.335 e. The van der Waals surface area contributed by atoms with Gasteiger partial charge in [-0.15, -0.1) is 0 Å². The minimum atomic E-state index is -3.64. The van der Waals surface area contributed by atoms with Gasteiger partial charge < -0.3 is 10.2 Å². The van der Waals surface area contributed by atoms with E-state index in [9.17, 15) is 18.0 Å². The van der Waals surface area contributed by atoms with Crippen molar-refractivity contribution in [2.24, 2.45) is 5.92 Å². The fourth-order valence-corrected chi connectivity index (χ4v) is 5.86. The Kier molecular flexibility index (Phi) is 6.60. The molecule has 162 valence electrons. The summed E-state index contributed by atoms with van der Waals surface area (Å²) in [6.07, 6.45) is 0. The molecule has 0 aliphatic heterocycles. The quantitative estimate of drug-likeness (QED) is 0.531. The lowest BCUT2D eigenvalue weighted by atomic mass is 10.0. The maximum absolute atomic E-state index is 12.1. The zero-order chi connectivity index (χ0) is 22.9. The second-order valence-corrected chi connectivity index (χ2v) is 11.6. The summed E-state index contributed by atoms with van der Waals surface area (Å²) in [5.74, 6) is -1.93. The summed E-state index contributed by atoms with van der Waals surface area (Å²) in [5.41, 5.74) is -0.198. The first kappa shape index (κ1) is 23.8. The van der Waals surface area contributed by atoms with Gasteiger partial charge in [0, 0.05) is 10.2 Å². The van der Waals surface area contributed by atoms with Crippen LogP contribution in [0.2, 0.25) is 5.04 Å². The molecule has 2 N–H and O–H groups in total. The third kappa shape index (κ3) is 4.48. The van der Waals surface area contributed by atoms with Crippen molar-refractivity contribution in [1.82, 2.24) is 0 Å². The normalized spacial score (nSPS) is 25.1. The van der Waals surface area contributed by atoms with Gasteiger partial charge in [0.25, 0.3) is 10.1 Å². The van der Waals surface area contributed by atoms with E-state index in [0.717, 1.165) is 10.2 Å². The van der Waals surface area contributed by atoms with E-state index in [2.05, 4.69) is 6.92 Å². The largest absolute Gasteiger partial charge is 0.478 e. The summed E-state index contributed by atoms with van der Waals surface area (Å²) in [5, 5.41) is 17.4. The van der Waals surface area contributed by atoms with Crippen LogP contribution in [0.5, 0.6) is 0 Å². The van der Waals surface area contributed by atoms with E-state index in [1.54, 1.807) is 30.3 Å². The first-order valence-corrected chi connectivity index (χ1v) is 11.7. The highest BCUT2D eigenvalue weighted by atomic mass is 32.2. The fourth-order valence-electron chi connectivity index (χ4n) is 3.37. The number of hydrogen-bond donors (Lipinski definition) is 2. The Labute approximate surface area is 179 Å². The van der Waals surface area contributed by atoms with Crippen molar-refractivity contribution in [2.75, 3.05) is 0 Å². The van der Waals surface area contributed by atoms with Crippen LogP contribution < -0.4 is 0 Å². The predicted molar refractivity (Wildman–Crippen MR) is 116 cm³/mol. The van der Waals surface area contributed by atoms with Gasteiger partial charge >= 0.3 is 11.9 Å². The molecular formula is C21H26O7SSi. The molecule has 0 spiro atoms. The minimum Gasteiger partial charge on any atom is -0.478 e. The summed E-state index contributed by atoms with van der Waals surface area (Å²) in [4.78, 5) is 21.4. The maximum Gasteiger partial charge on any atom is 0.335 e. The van der Waals surface area contributed by atoms with Crippen LogP contribution in [-0.2, 0) is 14.3 Å². The van der Waals surface area contributed by atoms with Crippen LogP contribution in [-0.4, -0.2) is 46.4 Å². The highest BCUT2D eigenvalue weighted by Gasteiger charge is 2.68. The summed E-state index contributed by atoms with van der Waals surface area (Å²) in [6, 6.07) is 12.5. The number of carbonyl (C=O) groups is 2. The monoisotopic (exact) mass is 450 g/mol. The Hall–Kier alpha value is -2.49. The topological polar surface area (TPSA) is 118 Å². The van der Waals surface area contributed by atoms with Gasteiger partial charge in [-0.2, -0.15) is 8.42 Å². The molecule has 3 rings (SSSR count). The van der Waals surface area contributed by atoms with E-state index in [4.69, 9.17) is 14.4 Å². The zero-order valence-electron chi connectivity index (χ0n) is 17.5. The minimum absolute atomic E-state index is 0.0277. The van der Waals surface area contributed by atoms with E-state index in [1.807, 2.05) is 13.8 Å². The van der Waals surface area contributed by atoms with E-state index in [-0.39, 0.29) is 26.6 Å². The second-order valence-electron chi connectivity index (χ2n) is 7.99. The van der Waals surface area contributed by atoms with Crippen molar-refractivity contribution in [2.45, 2.75) is 43.2 Å². The zero-order valence-corrected chi connectivity index (χ0v) is 20.4. The lowest BCUT2D eigenvalue weighted by Gasteiger charge is -2.15. The average molecular weight is 451 g/mol. The third-order valence-corrected chi connectivity index (χ3v) is 9.49. The van der Waals surface area contributed by atoms with Crippen LogP contribution in [0.25, 0.3) is 0 Å². The van der Waals surface area contributed by atoms with Crippen LogP contribution >= 0.6 is 0 Å². The standard InChI is InChI=1S/C12H18O3SSi.C9H8O4/c1-9-11(2,12(9,3)17)15-16(13,14)10-7-5-4-6-8-10;1-5-6(8(10)11)3-2-4-7(5)9(12)13/h4-9H,1-3,17H3;2-4H,1H3,(H,10,11)(H,12,13). The van der Waals surface area contributed by atoms with Gasteiger partial charge in [0.05, 0.1) is 21.6 Å². The Morgan fingerprint density at radius 3 is 1.77 bits per heavy atom. The number of carboxylic acids is 2. The van der Waals surface area contributed by atoms with Gasteiger partial charge in [0.2, 0.25) is 0 Å². The average Bonchev–Trinajstić information content (AvgIpc) is 3.04. The number of hydrogen-bond acceptors (Lipinski definition) is 5. The molecular weight excluding hydrogens is 424 g/mol. The van der Waals surface area contributed by atoms with Crippen molar-refractivity contribution in [3.8, 4) is 0 Å². The number of carboxylic acid groups (broad SMARTS) is 2. The first-order valence-electron chi connectivity index (χ1n) is 9.32. The summed E-state index contributed by atoms with van der Waals surface area (Å²) in [7, 11) is -2.71. The third-order valence-electron chi connectivity index (χ3n) is 6.21. The Bertz CT molecular complexity index is 1030.